The highest BCUT2D eigenvalue weighted by Crippen LogP contribution is 2.42. The maximum Gasteiger partial charge on any atom is 0.314 e. The number of hydrogen-bond donors (Lipinski definition) is 0. The molecule has 2 aromatic rings. The third-order valence-electron chi connectivity index (χ3n) is 6.25. The zero-order valence-electron chi connectivity index (χ0n) is 17.4. The number of aromatic nitrogens is 1. The molecule has 1 aliphatic carbocycles. The van der Waals surface area contributed by atoms with E-state index in [1.807, 2.05) is 4.90 Å². The first-order valence-corrected chi connectivity index (χ1v) is 10.6. The van der Waals surface area contributed by atoms with Crippen molar-refractivity contribution in [2.24, 2.45) is 17.3 Å². The van der Waals surface area contributed by atoms with E-state index in [1.165, 1.54) is 6.07 Å². The summed E-state index contributed by atoms with van der Waals surface area (Å²) >= 11 is 0. The Morgan fingerprint density at radius 2 is 2.13 bits per heavy atom. The van der Waals surface area contributed by atoms with Gasteiger partial charge in [0.15, 0.2) is 0 Å². The smallest absolute Gasteiger partial charge is 0.314 e. The van der Waals surface area contributed by atoms with Crippen molar-refractivity contribution in [2.75, 3.05) is 19.7 Å². The van der Waals surface area contributed by atoms with Crippen molar-refractivity contribution in [1.29, 1.82) is 0 Å². The summed E-state index contributed by atoms with van der Waals surface area (Å²) in [5.41, 5.74) is -0.146. The number of carbonyl (C=O) groups is 2. The molecule has 3 atom stereocenters. The number of piperidine rings is 1. The minimum absolute atomic E-state index is 0.0703. The summed E-state index contributed by atoms with van der Waals surface area (Å²) in [6, 6.07) is 8.02. The molecule has 7 heteroatoms. The zero-order valence-corrected chi connectivity index (χ0v) is 17.4. The van der Waals surface area contributed by atoms with Gasteiger partial charge in [0.25, 0.3) is 0 Å². The summed E-state index contributed by atoms with van der Waals surface area (Å²) in [6.45, 7) is 5.08. The fourth-order valence-corrected chi connectivity index (χ4v) is 4.41. The van der Waals surface area contributed by atoms with Crippen LogP contribution in [-0.4, -0.2) is 41.6 Å². The van der Waals surface area contributed by atoms with E-state index in [2.05, 4.69) is 12.1 Å². The molecule has 2 aliphatic rings. The van der Waals surface area contributed by atoms with Gasteiger partial charge in [-0.1, -0.05) is 24.2 Å². The molecule has 2 heterocycles. The van der Waals surface area contributed by atoms with E-state index in [9.17, 15) is 14.0 Å². The van der Waals surface area contributed by atoms with E-state index in [0.29, 0.717) is 42.4 Å². The molecule has 1 amide bonds. The van der Waals surface area contributed by atoms with Crippen molar-refractivity contribution >= 4 is 11.9 Å². The van der Waals surface area contributed by atoms with Gasteiger partial charge in [0.05, 0.1) is 12.0 Å². The lowest BCUT2D eigenvalue weighted by molar-refractivity contribution is -0.161. The van der Waals surface area contributed by atoms with Crippen LogP contribution >= 0.6 is 0 Å². The molecule has 2 fully saturated rings. The topological polar surface area (TPSA) is 72.6 Å². The van der Waals surface area contributed by atoms with Crippen LogP contribution < -0.4 is 0 Å². The van der Waals surface area contributed by atoms with E-state index >= 15 is 0 Å². The highest BCUT2D eigenvalue weighted by atomic mass is 19.1. The summed E-state index contributed by atoms with van der Waals surface area (Å²) in [7, 11) is 0. The number of likely N-dealkylation sites (tertiary alicyclic amines) is 1. The molecule has 6 nitrogen and oxygen atoms in total. The minimum atomic E-state index is -0.881. The van der Waals surface area contributed by atoms with Crippen LogP contribution in [0, 0.1) is 23.1 Å². The standard InChI is InChI=1S/C23H27FN2O4/c1-3-29-22(28)23(9-6-10-26(14-23)21(27)18-11-15(18)2)13-16-12-20(25-30-16)17-7-4-5-8-19(17)24/h4-5,7-8,12,15,18H,3,6,9-11,13-14H2,1-2H3/t15-,18+,23-/m0/s1. The van der Waals surface area contributed by atoms with Gasteiger partial charge in [-0.05, 0) is 44.2 Å². The van der Waals surface area contributed by atoms with Crippen LogP contribution in [0.3, 0.4) is 0 Å². The first-order chi connectivity index (χ1) is 14.4. The summed E-state index contributed by atoms with van der Waals surface area (Å²) in [6.07, 6.45) is 2.50. The highest BCUT2D eigenvalue weighted by Gasteiger charge is 2.49. The Balaban J connectivity index is 1.58. The molecule has 4 rings (SSSR count). The van der Waals surface area contributed by atoms with Crippen molar-refractivity contribution in [3.63, 3.8) is 0 Å². The quantitative estimate of drug-likeness (QED) is 0.672. The lowest BCUT2D eigenvalue weighted by atomic mass is 9.76. The molecule has 1 aromatic heterocycles. The molecule has 0 spiro atoms. The summed E-state index contributed by atoms with van der Waals surface area (Å²) in [5.74, 6) is 0.381. The summed E-state index contributed by atoms with van der Waals surface area (Å²) in [5, 5.41) is 4.00. The second kappa shape index (κ2) is 8.20. The van der Waals surface area contributed by atoms with Crippen molar-refractivity contribution in [1.82, 2.24) is 10.1 Å². The molecule has 0 bridgehead atoms. The highest BCUT2D eigenvalue weighted by molar-refractivity contribution is 5.84. The Morgan fingerprint density at radius 1 is 1.37 bits per heavy atom. The van der Waals surface area contributed by atoms with Crippen molar-refractivity contribution < 1.29 is 23.2 Å². The summed E-state index contributed by atoms with van der Waals surface area (Å²) in [4.78, 5) is 27.6. The van der Waals surface area contributed by atoms with Gasteiger partial charge >= 0.3 is 5.97 Å². The van der Waals surface area contributed by atoms with Crippen molar-refractivity contribution in [3.8, 4) is 11.3 Å². The Morgan fingerprint density at radius 3 is 2.83 bits per heavy atom. The number of amides is 1. The fourth-order valence-electron chi connectivity index (χ4n) is 4.41. The number of nitrogens with zero attached hydrogens (tertiary/aromatic N) is 2. The third-order valence-corrected chi connectivity index (χ3v) is 6.25. The molecule has 160 valence electrons. The van der Waals surface area contributed by atoms with E-state index in [-0.39, 0.29) is 36.6 Å². The number of rotatable bonds is 6. The zero-order chi connectivity index (χ0) is 21.3. The normalized spacial score (nSPS) is 25.8. The largest absolute Gasteiger partial charge is 0.466 e. The molecule has 1 saturated carbocycles. The predicted molar refractivity (Wildman–Crippen MR) is 108 cm³/mol. The second-order valence-electron chi connectivity index (χ2n) is 8.52. The first kappa shape index (κ1) is 20.6. The molecule has 1 aromatic carbocycles. The van der Waals surface area contributed by atoms with Crippen LogP contribution in [0.1, 0.15) is 38.9 Å². The van der Waals surface area contributed by atoms with Gasteiger partial charge in [0.2, 0.25) is 5.91 Å². The van der Waals surface area contributed by atoms with Gasteiger partial charge in [0, 0.05) is 37.1 Å². The Bertz CT molecular complexity index is 943. The van der Waals surface area contributed by atoms with Gasteiger partial charge < -0.3 is 14.2 Å². The Kier molecular flexibility index (Phi) is 5.62. The minimum Gasteiger partial charge on any atom is -0.466 e. The average Bonchev–Trinajstić information content (AvgIpc) is 3.29. The van der Waals surface area contributed by atoms with Crippen LogP contribution in [-0.2, 0) is 20.7 Å². The van der Waals surface area contributed by atoms with Crippen LogP contribution in [0.15, 0.2) is 34.9 Å². The Hall–Kier alpha value is -2.70. The monoisotopic (exact) mass is 414 g/mol. The van der Waals surface area contributed by atoms with Crippen molar-refractivity contribution in [2.45, 2.75) is 39.5 Å². The Labute approximate surface area is 175 Å². The van der Waals surface area contributed by atoms with E-state index in [1.54, 1.807) is 31.2 Å². The first-order valence-electron chi connectivity index (χ1n) is 10.6. The SMILES string of the molecule is CCOC(=O)[C@]1(Cc2cc(-c3ccccc3F)no2)CCCN(C(=O)[C@@H]2C[C@@H]2C)C1. The van der Waals surface area contributed by atoms with Crippen LogP contribution in [0.4, 0.5) is 4.39 Å². The molecule has 30 heavy (non-hydrogen) atoms. The van der Waals surface area contributed by atoms with Gasteiger partial charge in [-0.15, -0.1) is 0 Å². The second-order valence-corrected chi connectivity index (χ2v) is 8.52. The molecule has 0 radical (unpaired) electrons. The maximum atomic E-state index is 14.1. The van der Waals surface area contributed by atoms with Crippen LogP contribution in [0.25, 0.3) is 11.3 Å². The van der Waals surface area contributed by atoms with Gasteiger partial charge in [-0.25, -0.2) is 4.39 Å². The van der Waals surface area contributed by atoms with E-state index < -0.39 is 5.41 Å². The van der Waals surface area contributed by atoms with Crippen molar-refractivity contribution in [3.05, 3.63) is 41.9 Å². The van der Waals surface area contributed by atoms with Crippen LogP contribution in [0.5, 0.6) is 0 Å². The molecule has 1 saturated heterocycles. The lowest BCUT2D eigenvalue weighted by Gasteiger charge is -2.40. The van der Waals surface area contributed by atoms with Crippen LogP contribution in [0.2, 0.25) is 0 Å². The number of carbonyl (C=O) groups excluding carboxylic acids is 2. The molecule has 0 N–H and O–H groups in total. The fraction of sp³-hybridized carbons (Fsp3) is 0.522. The lowest BCUT2D eigenvalue weighted by Crippen LogP contribution is -2.52. The number of ether oxygens (including phenoxy) is 1. The van der Waals surface area contributed by atoms with E-state index in [4.69, 9.17) is 9.26 Å². The van der Waals surface area contributed by atoms with Gasteiger partial charge in [0.1, 0.15) is 17.3 Å². The molecule has 1 aliphatic heterocycles. The number of benzene rings is 1. The van der Waals surface area contributed by atoms with Gasteiger partial charge in [-0.2, -0.15) is 0 Å². The number of halogens is 1. The van der Waals surface area contributed by atoms with E-state index in [0.717, 1.165) is 12.8 Å². The maximum absolute atomic E-state index is 14.1. The molecule has 0 unspecified atom stereocenters. The molecular weight excluding hydrogens is 387 g/mol. The average molecular weight is 414 g/mol. The number of hydrogen-bond acceptors (Lipinski definition) is 5. The third kappa shape index (κ3) is 3.98. The van der Waals surface area contributed by atoms with Gasteiger partial charge in [-0.3, -0.25) is 9.59 Å². The summed E-state index contributed by atoms with van der Waals surface area (Å²) < 4.78 is 25.0. The number of esters is 1. The predicted octanol–water partition coefficient (Wildman–Crippen LogP) is 3.85. The molecular formula is C23H27FN2O4.